The van der Waals surface area contributed by atoms with Crippen molar-refractivity contribution < 1.29 is 40.7 Å². The molecule has 0 aliphatic heterocycles. The van der Waals surface area contributed by atoms with E-state index in [4.69, 9.17) is 40.7 Å². The molecule has 9 nitrogen and oxygen atoms in total. The minimum atomic E-state index is -1.99. The maximum atomic E-state index is 7.47. The van der Waals surface area contributed by atoms with E-state index in [2.05, 4.69) is 241 Å². The lowest BCUT2D eigenvalue weighted by Crippen LogP contribution is -2.19. The molecule has 0 heterocycles. The van der Waals surface area contributed by atoms with Crippen molar-refractivity contribution in [3.8, 4) is 34.5 Å². The van der Waals surface area contributed by atoms with Gasteiger partial charge in [0, 0.05) is 22.6 Å². The summed E-state index contributed by atoms with van der Waals surface area (Å²) >= 11 is 0. The van der Waals surface area contributed by atoms with E-state index in [0.717, 1.165) is 128 Å². The second-order valence-electron chi connectivity index (χ2n) is 48.2. The molecule has 6 rings (SSSR count). The van der Waals surface area contributed by atoms with Crippen molar-refractivity contribution in [1.82, 2.24) is 0 Å². The summed E-state index contributed by atoms with van der Waals surface area (Å²) in [4.78, 5) is 0. The van der Waals surface area contributed by atoms with Crippen LogP contribution in [0.1, 0.15) is 639 Å². The summed E-state index contributed by atoms with van der Waals surface area (Å²) in [6, 6.07) is 40.8. The molecule has 0 fully saturated rings. The molecule has 0 saturated heterocycles. The number of hydrogen-bond acceptors (Lipinski definition) is 9. The lowest BCUT2D eigenvalue weighted by Gasteiger charge is -2.33. The van der Waals surface area contributed by atoms with Crippen LogP contribution in [0.2, 0.25) is 0 Å². The van der Waals surface area contributed by atoms with E-state index in [0.29, 0.717) is 19.8 Å². The molecule has 0 aliphatic carbocycles. The zero-order chi connectivity index (χ0) is 107. The largest absolute Gasteiger partial charge is 0.530 e. The smallest absolute Gasteiger partial charge is 0.426 e. The molecule has 3 unspecified atom stereocenters. The SMILES string of the molecule is CCCCCCCCCCCCCCCCCCOP(OCCCCCCCCCCCCCCCCCC)Oc1cc(C)c(C(CC(C)c2cc(C(C)(C)C)c(OP(Oc3cccc(CCCCCCCCC)c3)Oc3cccc(CCCCCCCCC)c3)cc2C)c2cc(C(C)(C)C)c(OP(OCCCCCCCCCCCCCCCCCC)Oc3cccc(CCCCCCCCC)c3)cc2C)cc1C(C)(C)C. The molecule has 0 spiro atoms. The Kier molecular flexibility index (Phi) is 73.8. The molecule has 12 heteroatoms. The fourth-order valence-electron chi connectivity index (χ4n) is 21.5. The topological polar surface area (TPSA) is 83.1 Å². The van der Waals surface area contributed by atoms with Gasteiger partial charge in [-0.05, 0) is 212 Å². The molecular formula is C136H229O9P3. The van der Waals surface area contributed by atoms with Crippen LogP contribution < -0.4 is 27.1 Å². The quantitative estimate of drug-likeness (QED) is 0.0274. The van der Waals surface area contributed by atoms with Crippen LogP contribution in [-0.2, 0) is 49.1 Å². The number of aryl methyl sites for hydroxylation is 6. The van der Waals surface area contributed by atoms with Crippen molar-refractivity contribution in [2.45, 2.75) is 628 Å². The Morgan fingerprint density at radius 2 is 0.419 bits per heavy atom. The van der Waals surface area contributed by atoms with Crippen molar-refractivity contribution in [3.63, 3.8) is 0 Å². The van der Waals surface area contributed by atoms with Crippen LogP contribution in [0.15, 0.2) is 109 Å². The van der Waals surface area contributed by atoms with Crippen LogP contribution in [0.25, 0.3) is 0 Å². The van der Waals surface area contributed by atoms with E-state index < -0.39 is 25.8 Å². The normalized spacial score (nSPS) is 12.7. The van der Waals surface area contributed by atoms with E-state index >= 15 is 0 Å². The molecule has 148 heavy (non-hydrogen) atoms. The Labute approximate surface area is 919 Å². The highest BCUT2D eigenvalue weighted by atomic mass is 31.2. The monoisotopic (exact) mass is 2100 g/mol. The fraction of sp³-hybridized carbons (Fsp3) is 0.735. The molecule has 6 aromatic rings. The molecule has 3 atom stereocenters. The highest BCUT2D eigenvalue weighted by Crippen LogP contribution is 2.54. The van der Waals surface area contributed by atoms with Gasteiger partial charge in [-0.3, -0.25) is 4.52 Å². The second-order valence-corrected chi connectivity index (χ2v) is 51.5. The third-order valence-corrected chi connectivity index (χ3v) is 34.2. The van der Waals surface area contributed by atoms with Crippen LogP contribution in [0.4, 0.5) is 0 Å². The predicted molar refractivity (Wildman–Crippen MR) is 650 cm³/mol. The summed E-state index contributed by atoms with van der Waals surface area (Å²) in [5, 5.41) is 0. The van der Waals surface area contributed by atoms with Crippen molar-refractivity contribution in [1.29, 1.82) is 0 Å². The van der Waals surface area contributed by atoms with E-state index in [9.17, 15) is 0 Å². The maximum Gasteiger partial charge on any atom is 0.530 e. The van der Waals surface area contributed by atoms with Crippen LogP contribution in [-0.4, -0.2) is 19.8 Å². The first-order valence-corrected chi connectivity index (χ1v) is 66.3. The molecule has 0 N–H and O–H groups in total. The van der Waals surface area contributed by atoms with Gasteiger partial charge in [0.2, 0.25) is 0 Å². The average molecular weight is 2100 g/mol. The second kappa shape index (κ2) is 82.7. The van der Waals surface area contributed by atoms with Crippen molar-refractivity contribution in [2.75, 3.05) is 19.8 Å². The van der Waals surface area contributed by atoms with Crippen LogP contribution in [0.5, 0.6) is 34.5 Å². The Hall–Kier alpha value is -4.71. The highest BCUT2D eigenvalue weighted by molar-refractivity contribution is 7.43. The van der Waals surface area contributed by atoms with E-state index in [1.807, 2.05) is 0 Å². The van der Waals surface area contributed by atoms with Gasteiger partial charge in [-0.25, -0.2) is 0 Å². The summed E-state index contributed by atoms with van der Waals surface area (Å²) in [6.07, 6.45) is 94.6. The maximum absolute atomic E-state index is 7.47. The van der Waals surface area contributed by atoms with Crippen LogP contribution in [0, 0.1) is 20.8 Å². The van der Waals surface area contributed by atoms with Gasteiger partial charge < -0.3 is 36.2 Å². The molecule has 0 saturated carbocycles. The Morgan fingerprint density at radius 1 is 0.216 bits per heavy atom. The van der Waals surface area contributed by atoms with Crippen molar-refractivity contribution in [3.05, 3.63) is 176 Å². The minimum absolute atomic E-state index is 0.0681. The zero-order valence-electron chi connectivity index (χ0n) is 99.8. The van der Waals surface area contributed by atoms with Gasteiger partial charge in [-0.2, -0.15) is 0 Å². The molecule has 0 bridgehead atoms. The van der Waals surface area contributed by atoms with Crippen LogP contribution >= 0.6 is 25.8 Å². The number of hydrogen-bond donors (Lipinski definition) is 0. The number of benzene rings is 6. The van der Waals surface area contributed by atoms with Crippen molar-refractivity contribution in [2.24, 2.45) is 0 Å². The van der Waals surface area contributed by atoms with Gasteiger partial charge in [0.05, 0.1) is 19.8 Å². The molecule has 6 aromatic carbocycles. The summed E-state index contributed by atoms with van der Waals surface area (Å²) in [6.45, 7) is 46.2. The van der Waals surface area contributed by atoms with Crippen molar-refractivity contribution >= 4 is 25.8 Å². The summed E-state index contributed by atoms with van der Waals surface area (Å²) in [7, 11) is -5.57. The number of unbranched alkanes of at least 4 members (excludes halogenated alkanes) is 63. The first-order valence-electron chi connectivity index (χ1n) is 63.0. The zero-order valence-corrected chi connectivity index (χ0v) is 102. The fourth-order valence-corrected chi connectivity index (χ4v) is 24.5. The third-order valence-electron chi connectivity index (χ3n) is 30.9. The lowest BCUT2D eigenvalue weighted by atomic mass is 9.74. The molecule has 0 amide bonds. The predicted octanol–water partition coefficient (Wildman–Crippen LogP) is 47.6. The van der Waals surface area contributed by atoms with Gasteiger partial charge in [-0.15, -0.1) is 0 Å². The lowest BCUT2D eigenvalue weighted by molar-refractivity contribution is 0.197. The third kappa shape index (κ3) is 60.0. The summed E-state index contributed by atoms with van der Waals surface area (Å²) in [5.41, 5.74) is 13.7. The molecule has 842 valence electrons. The molecule has 0 radical (unpaired) electrons. The summed E-state index contributed by atoms with van der Waals surface area (Å²) in [5.74, 6) is 4.82. The average Bonchev–Trinajstić information content (AvgIpc) is 0.758. The summed E-state index contributed by atoms with van der Waals surface area (Å²) < 4.78 is 64.6. The first-order chi connectivity index (χ1) is 71.9. The highest BCUT2D eigenvalue weighted by Gasteiger charge is 2.35. The van der Waals surface area contributed by atoms with E-state index in [-0.39, 0.29) is 28.1 Å². The van der Waals surface area contributed by atoms with Crippen LogP contribution in [0.3, 0.4) is 0 Å². The van der Waals surface area contributed by atoms with Gasteiger partial charge >= 0.3 is 25.8 Å². The standard InChI is InChI=1S/C136H229O9P3/c1-20-26-32-38-44-47-50-53-56-59-62-65-68-74-80-86-101-137-146(138-102-87-81-75-69-66-63-60-57-54-51-48-45-39-33-27-21-2)143-131-106-116(9)125(112-129(131)135(14,15)16)127(126-113-130(136(17,18)19)132(107-117(126)10)144-147(140-121-98-89-95-118(108-121)92-83-77-71-41-35-29-23-4)139-103-88-82-76-70-67-64-61-58-55-52-49-46-40-34-28-22-3)104-114(7)124-111-128(134(11,12)13)133(105-115(124)8)145-148(141-122-99-90-96-119(109-122)93-84-78-72-42-36-30-24-5)142-123-100-91-97-120(110-123)94-85-79-73-43-37-31-25-6/h89-91,95-100,105-114,127H,20-88,92-94,101-104H2,1-19H3. The number of rotatable bonds is 95. The molecular weight excluding hydrogens is 1870 g/mol. The molecule has 0 aromatic heterocycles. The van der Waals surface area contributed by atoms with Gasteiger partial charge in [-0.1, -0.05) is 570 Å². The molecule has 0 aliphatic rings. The van der Waals surface area contributed by atoms with Gasteiger partial charge in [0.25, 0.3) is 0 Å². The Morgan fingerprint density at radius 3 is 0.669 bits per heavy atom. The Balaban J connectivity index is 1.40. The van der Waals surface area contributed by atoms with E-state index in [1.165, 1.54) is 442 Å². The Bertz CT molecular complexity index is 4130. The minimum Gasteiger partial charge on any atom is -0.426 e. The first kappa shape index (κ1) is 132. The van der Waals surface area contributed by atoms with Gasteiger partial charge in [0.15, 0.2) is 0 Å². The van der Waals surface area contributed by atoms with Gasteiger partial charge in [0.1, 0.15) is 34.5 Å². The van der Waals surface area contributed by atoms with E-state index in [1.54, 1.807) is 0 Å².